The number of anilines is 1. The molecule has 31 heavy (non-hydrogen) atoms. The number of thiophene rings is 1. The lowest BCUT2D eigenvalue weighted by atomic mass is 10.1. The summed E-state index contributed by atoms with van der Waals surface area (Å²) in [6.45, 7) is 3.96. The fourth-order valence-corrected chi connectivity index (χ4v) is 4.42. The van der Waals surface area contributed by atoms with Crippen LogP contribution in [-0.2, 0) is 0 Å². The van der Waals surface area contributed by atoms with E-state index in [4.69, 9.17) is 9.47 Å². The van der Waals surface area contributed by atoms with Crippen molar-refractivity contribution in [2.75, 3.05) is 19.6 Å². The fraction of sp³-hybridized carbons (Fsp3) is 0.208. The number of aromatic nitrogens is 2. The van der Waals surface area contributed by atoms with Gasteiger partial charge in [0.15, 0.2) is 17.3 Å². The smallest absolute Gasteiger partial charge is 0.161 e. The van der Waals surface area contributed by atoms with Gasteiger partial charge in [-0.1, -0.05) is 37.3 Å². The molecule has 0 aliphatic heterocycles. The highest BCUT2D eigenvalue weighted by Crippen LogP contribution is 2.35. The average molecular weight is 433 g/mol. The van der Waals surface area contributed by atoms with Crippen molar-refractivity contribution in [3.63, 3.8) is 0 Å². The maximum atomic E-state index is 5.43. The first-order valence-electron chi connectivity index (χ1n) is 10.0. The molecule has 1 N–H and O–H groups in total. The number of fused-ring (bicyclic) bond motifs is 1. The zero-order valence-electron chi connectivity index (χ0n) is 18.0. The number of benzene rings is 2. The molecule has 0 amide bonds. The van der Waals surface area contributed by atoms with Gasteiger partial charge >= 0.3 is 0 Å². The molecule has 0 saturated carbocycles. The molecule has 4 rings (SSSR count). The first-order chi connectivity index (χ1) is 15.1. The first-order valence-corrected chi connectivity index (χ1v) is 10.8. The highest BCUT2D eigenvalue weighted by molar-refractivity contribution is 7.21. The standard InChI is InChI=1S/C24H24N4O2S/c1-5-19(17-11-12-20(29-3)21(13-17)30-4)27-28-23-18-14-22(16-9-7-6-8-10-16)31-24(18)26-15(2)25-23/h6-14H,5H2,1-4H3,(H,25,26,28). The van der Waals surface area contributed by atoms with Crippen LogP contribution in [0.1, 0.15) is 24.7 Å². The lowest BCUT2D eigenvalue weighted by molar-refractivity contribution is 0.355. The highest BCUT2D eigenvalue weighted by Gasteiger charge is 2.13. The third-order valence-electron chi connectivity index (χ3n) is 4.91. The van der Waals surface area contributed by atoms with Crippen molar-refractivity contribution in [3.05, 3.63) is 66.0 Å². The maximum Gasteiger partial charge on any atom is 0.161 e. The molecule has 6 nitrogen and oxygen atoms in total. The van der Waals surface area contributed by atoms with Crippen LogP contribution in [0.25, 0.3) is 20.7 Å². The lowest BCUT2D eigenvalue weighted by Gasteiger charge is -2.11. The van der Waals surface area contributed by atoms with Gasteiger partial charge < -0.3 is 9.47 Å². The van der Waals surface area contributed by atoms with Gasteiger partial charge in [-0.15, -0.1) is 11.3 Å². The molecule has 2 aromatic heterocycles. The number of nitrogens with zero attached hydrogens (tertiary/aromatic N) is 3. The third-order valence-corrected chi connectivity index (χ3v) is 5.99. The Morgan fingerprint density at radius 1 is 1.00 bits per heavy atom. The van der Waals surface area contributed by atoms with E-state index in [1.807, 2.05) is 43.3 Å². The molecule has 0 saturated heterocycles. The number of hydrazone groups is 1. The summed E-state index contributed by atoms with van der Waals surface area (Å²) in [6.07, 6.45) is 0.745. The van der Waals surface area contributed by atoms with Crippen LogP contribution in [0.2, 0.25) is 0 Å². The van der Waals surface area contributed by atoms with Crippen LogP contribution < -0.4 is 14.9 Å². The number of rotatable bonds is 7. The summed E-state index contributed by atoms with van der Waals surface area (Å²) in [5, 5.41) is 5.63. The minimum atomic E-state index is 0.673. The third kappa shape index (κ3) is 4.36. The Kier molecular flexibility index (Phi) is 6.13. The van der Waals surface area contributed by atoms with Crippen LogP contribution >= 0.6 is 11.3 Å². The van der Waals surface area contributed by atoms with E-state index in [-0.39, 0.29) is 0 Å². The molecule has 0 unspecified atom stereocenters. The van der Waals surface area contributed by atoms with E-state index < -0.39 is 0 Å². The maximum absolute atomic E-state index is 5.43. The van der Waals surface area contributed by atoms with E-state index in [0.717, 1.165) is 38.4 Å². The summed E-state index contributed by atoms with van der Waals surface area (Å²) in [5.41, 5.74) is 6.20. The summed E-state index contributed by atoms with van der Waals surface area (Å²) < 4.78 is 10.8. The minimum absolute atomic E-state index is 0.673. The Balaban J connectivity index is 1.70. The number of hydrogen-bond donors (Lipinski definition) is 1. The van der Waals surface area contributed by atoms with Crippen molar-refractivity contribution in [2.45, 2.75) is 20.3 Å². The van der Waals surface area contributed by atoms with Crippen LogP contribution in [-0.4, -0.2) is 29.9 Å². The van der Waals surface area contributed by atoms with Crippen molar-refractivity contribution in [2.24, 2.45) is 5.10 Å². The lowest BCUT2D eigenvalue weighted by Crippen LogP contribution is -2.05. The molecule has 0 radical (unpaired) electrons. The van der Waals surface area contributed by atoms with Gasteiger partial charge in [-0.2, -0.15) is 5.10 Å². The van der Waals surface area contributed by atoms with E-state index in [2.05, 4.69) is 45.6 Å². The Labute approximate surface area is 185 Å². The van der Waals surface area contributed by atoms with Crippen molar-refractivity contribution in [3.8, 4) is 21.9 Å². The van der Waals surface area contributed by atoms with Gasteiger partial charge in [0.2, 0.25) is 0 Å². The largest absolute Gasteiger partial charge is 0.493 e. The second-order valence-electron chi connectivity index (χ2n) is 6.91. The Bertz CT molecular complexity index is 1240. The van der Waals surface area contributed by atoms with Crippen LogP contribution in [0.5, 0.6) is 11.5 Å². The van der Waals surface area contributed by atoms with Gasteiger partial charge in [-0.25, -0.2) is 9.97 Å². The molecule has 0 atom stereocenters. The fourth-order valence-electron chi connectivity index (χ4n) is 3.34. The quantitative estimate of drug-likeness (QED) is 0.290. The molecule has 158 valence electrons. The van der Waals surface area contributed by atoms with Crippen LogP contribution in [0.15, 0.2) is 59.7 Å². The second-order valence-corrected chi connectivity index (χ2v) is 7.94. The monoisotopic (exact) mass is 432 g/mol. The van der Waals surface area contributed by atoms with E-state index in [0.29, 0.717) is 23.1 Å². The number of methoxy groups -OCH3 is 2. The average Bonchev–Trinajstić information content (AvgIpc) is 3.24. The van der Waals surface area contributed by atoms with Gasteiger partial charge in [-0.3, -0.25) is 5.43 Å². The predicted molar refractivity (Wildman–Crippen MR) is 128 cm³/mol. The van der Waals surface area contributed by atoms with Gasteiger partial charge in [0, 0.05) is 10.4 Å². The normalized spacial score (nSPS) is 11.5. The molecule has 0 fully saturated rings. The molecule has 4 aromatic rings. The molecular weight excluding hydrogens is 408 g/mol. The van der Waals surface area contributed by atoms with E-state index in [9.17, 15) is 0 Å². The Hall–Kier alpha value is -3.45. The molecule has 0 spiro atoms. The summed E-state index contributed by atoms with van der Waals surface area (Å²) in [5.74, 6) is 2.77. The highest BCUT2D eigenvalue weighted by atomic mass is 32.1. The first kappa shape index (κ1) is 20.8. The molecular formula is C24H24N4O2S. The second kappa shape index (κ2) is 9.14. The van der Waals surface area contributed by atoms with Crippen LogP contribution in [0.3, 0.4) is 0 Å². The van der Waals surface area contributed by atoms with Gasteiger partial charge in [0.25, 0.3) is 0 Å². The minimum Gasteiger partial charge on any atom is -0.493 e. The molecule has 0 bridgehead atoms. The molecule has 7 heteroatoms. The number of ether oxygens (including phenoxy) is 2. The molecule has 2 heterocycles. The summed E-state index contributed by atoms with van der Waals surface area (Å²) in [4.78, 5) is 11.3. The van der Waals surface area contributed by atoms with Crippen LogP contribution in [0.4, 0.5) is 5.82 Å². The molecule has 0 aliphatic rings. The summed E-state index contributed by atoms with van der Waals surface area (Å²) >= 11 is 1.65. The number of nitrogens with one attached hydrogen (secondary N) is 1. The Morgan fingerprint density at radius 3 is 2.48 bits per heavy atom. The van der Waals surface area contributed by atoms with Crippen molar-refractivity contribution in [1.82, 2.24) is 9.97 Å². The SMILES string of the molecule is CCC(=NNc1nc(C)nc2sc(-c3ccccc3)cc12)c1ccc(OC)c(OC)c1. The zero-order valence-corrected chi connectivity index (χ0v) is 18.8. The van der Waals surface area contributed by atoms with E-state index in [1.54, 1.807) is 25.6 Å². The van der Waals surface area contributed by atoms with Gasteiger partial charge in [-0.05, 0) is 43.2 Å². The van der Waals surface area contributed by atoms with Crippen molar-refractivity contribution in [1.29, 1.82) is 0 Å². The summed E-state index contributed by atoms with van der Waals surface area (Å²) in [6, 6.07) is 18.2. The van der Waals surface area contributed by atoms with E-state index in [1.165, 1.54) is 0 Å². The zero-order chi connectivity index (χ0) is 21.8. The van der Waals surface area contributed by atoms with Gasteiger partial charge in [0.1, 0.15) is 10.7 Å². The molecule has 2 aromatic carbocycles. The topological polar surface area (TPSA) is 68.6 Å². The summed E-state index contributed by atoms with van der Waals surface area (Å²) in [7, 11) is 3.26. The number of hydrogen-bond acceptors (Lipinski definition) is 7. The van der Waals surface area contributed by atoms with Crippen molar-refractivity contribution < 1.29 is 9.47 Å². The predicted octanol–water partition coefficient (Wildman–Crippen LogP) is 5.91. The molecule has 0 aliphatic carbocycles. The van der Waals surface area contributed by atoms with Gasteiger partial charge in [0.05, 0.1) is 25.3 Å². The van der Waals surface area contributed by atoms with Crippen LogP contribution in [0, 0.1) is 6.92 Å². The van der Waals surface area contributed by atoms with Crippen molar-refractivity contribution >= 4 is 33.1 Å². The van der Waals surface area contributed by atoms with E-state index >= 15 is 0 Å². The Morgan fingerprint density at radius 2 is 1.77 bits per heavy atom. The number of aryl methyl sites for hydroxylation is 1.